The van der Waals surface area contributed by atoms with Gasteiger partial charge in [0.25, 0.3) is 0 Å². The maximum Gasteiger partial charge on any atom is 0.0853 e. The van der Waals surface area contributed by atoms with Gasteiger partial charge in [0.05, 0.1) is 16.4 Å². The third-order valence-electron chi connectivity index (χ3n) is 3.03. The Morgan fingerprint density at radius 2 is 2.17 bits per heavy atom. The van der Waals surface area contributed by atoms with E-state index < -0.39 is 0 Å². The van der Waals surface area contributed by atoms with Crippen molar-refractivity contribution in [2.45, 2.75) is 46.6 Å². The molecule has 0 spiro atoms. The van der Waals surface area contributed by atoms with Crippen molar-refractivity contribution in [2.24, 2.45) is 0 Å². The van der Waals surface area contributed by atoms with E-state index in [2.05, 4.69) is 37.3 Å². The van der Waals surface area contributed by atoms with Crippen molar-refractivity contribution in [2.75, 3.05) is 13.6 Å². The summed E-state index contributed by atoms with van der Waals surface area (Å²) < 4.78 is 2.02. The maximum atomic E-state index is 6.39. The van der Waals surface area contributed by atoms with Crippen LogP contribution < -0.4 is 5.32 Å². The van der Waals surface area contributed by atoms with Gasteiger partial charge in [0.15, 0.2) is 0 Å². The SMILES string of the molecule is CCc1nn(CC)c(CC(C)=CCCNC)c1Cl. The Kier molecular flexibility index (Phi) is 6.44. The monoisotopic (exact) mass is 269 g/mol. The van der Waals surface area contributed by atoms with Gasteiger partial charge in [0.1, 0.15) is 0 Å². The first-order valence-corrected chi connectivity index (χ1v) is 7.06. The third kappa shape index (κ3) is 3.85. The summed E-state index contributed by atoms with van der Waals surface area (Å²) in [5.41, 5.74) is 3.51. The number of rotatable bonds is 7. The molecule has 1 rings (SSSR count). The minimum atomic E-state index is 0.848. The lowest BCUT2D eigenvalue weighted by Crippen LogP contribution is -2.07. The fraction of sp³-hybridized carbons (Fsp3) is 0.643. The van der Waals surface area contributed by atoms with Crippen LogP contribution >= 0.6 is 11.6 Å². The second-order valence-electron chi connectivity index (χ2n) is 4.50. The summed E-state index contributed by atoms with van der Waals surface area (Å²) in [6.45, 7) is 8.24. The van der Waals surface area contributed by atoms with Gasteiger partial charge in [-0.15, -0.1) is 0 Å². The zero-order valence-corrected chi connectivity index (χ0v) is 12.6. The lowest BCUT2D eigenvalue weighted by Gasteiger charge is -2.06. The van der Waals surface area contributed by atoms with E-state index in [4.69, 9.17) is 11.6 Å². The van der Waals surface area contributed by atoms with E-state index in [0.29, 0.717) is 0 Å². The van der Waals surface area contributed by atoms with Crippen LogP contribution in [0.5, 0.6) is 0 Å². The molecule has 0 aliphatic rings. The van der Waals surface area contributed by atoms with Crippen molar-refractivity contribution in [1.82, 2.24) is 15.1 Å². The lowest BCUT2D eigenvalue weighted by atomic mass is 10.1. The fourth-order valence-corrected chi connectivity index (χ4v) is 2.32. The standard InChI is InChI=1S/C14H24ClN3/c1-5-12-14(15)13(18(6-2)17-12)10-11(3)8-7-9-16-4/h8,16H,5-7,9-10H2,1-4H3. The Hall–Kier alpha value is -0.800. The molecule has 1 N–H and O–H groups in total. The van der Waals surface area contributed by atoms with Crippen LogP contribution in [0.2, 0.25) is 5.02 Å². The Bertz CT molecular complexity index is 407. The van der Waals surface area contributed by atoms with Gasteiger partial charge in [0.2, 0.25) is 0 Å². The summed E-state index contributed by atoms with van der Waals surface area (Å²) in [5.74, 6) is 0. The highest BCUT2D eigenvalue weighted by atomic mass is 35.5. The number of nitrogens with zero attached hydrogens (tertiary/aromatic N) is 2. The molecule has 0 aromatic carbocycles. The van der Waals surface area contributed by atoms with Crippen LogP contribution in [0.3, 0.4) is 0 Å². The maximum absolute atomic E-state index is 6.39. The molecule has 1 heterocycles. The molecular formula is C14H24ClN3. The molecule has 1 aromatic heterocycles. The Morgan fingerprint density at radius 3 is 2.72 bits per heavy atom. The summed E-state index contributed by atoms with van der Waals surface area (Å²) in [4.78, 5) is 0. The average molecular weight is 270 g/mol. The normalized spacial score (nSPS) is 12.2. The molecule has 0 aliphatic heterocycles. The zero-order chi connectivity index (χ0) is 13.5. The van der Waals surface area contributed by atoms with E-state index in [1.165, 1.54) is 5.57 Å². The minimum Gasteiger partial charge on any atom is -0.319 e. The fourth-order valence-electron chi connectivity index (χ4n) is 1.99. The van der Waals surface area contributed by atoms with Gasteiger partial charge in [0, 0.05) is 13.0 Å². The van der Waals surface area contributed by atoms with Crippen LogP contribution in [0.4, 0.5) is 0 Å². The molecule has 0 saturated heterocycles. The molecule has 0 radical (unpaired) electrons. The Labute approximate surface area is 115 Å². The van der Waals surface area contributed by atoms with Gasteiger partial charge in [-0.3, -0.25) is 4.68 Å². The van der Waals surface area contributed by atoms with E-state index in [1.807, 2.05) is 11.7 Å². The molecule has 4 heteroatoms. The molecule has 0 fully saturated rings. The number of allylic oxidation sites excluding steroid dienone is 1. The Balaban J connectivity index is 2.82. The molecule has 0 saturated carbocycles. The summed E-state index contributed by atoms with van der Waals surface area (Å²) in [7, 11) is 1.97. The van der Waals surface area contributed by atoms with Crippen LogP contribution in [0.15, 0.2) is 11.6 Å². The molecule has 0 aliphatic carbocycles. The topological polar surface area (TPSA) is 29.9 Å². The number of halogens is 1. The number of aromatic nitrogens is 2. The highest BCUT2D eigenvalue weighted by Gasteiger charge is 2.14. The summed E-state index contributed by atoms with van der Waals surface area (Å²) >= 11 is 6.39. The van der Waals surface area contributed by atoms with Gasteiger partial charge in [-0.2, -0.15) is 5.10 Å². The number of hydrogen-bond donors (Lipinski definition) is 1. The second-order valence-corrected chi connectivity index (χ2v) is 4.87. The van der Waals surface area contributed by atoms with Crippen molar-refractivity contribution in [3.63, 3.8) is 0 Å². The highest BCUT2D eigenvalue weighted by molar-refractivity contribution is 6.31. The van der Waals surface area contributed by atoms with Crippen molar-refractivity contribution >= 4 is 11.6 Å². The van der Waals surface area contributed by atoms with Gasteiger partial charge < -0.3 is 5.32 Å². The molecule has 1 aromatic rings. The van der Waals surface area contributed by atoms with E-state index >= 15 is 0 Å². The van der Waals surface area contributed by atoms with Gasteiger partial charge >= 0.3 is 0 Å². The average Bonchev–Trinajstić information content (AvgIpc) is 2.66. The first-order chi connectivity index (χ1) is 8.63. The molecular weight excluding hydrogens is 246 g/mol. The third-order valence-corrected chi connectivity index (χ3v) is 3.46. The summed E-state index contributed by atoms with van der Waals surface area (Å²) in [6, 6.07) is 0. The molecule has 102 valence electrons. The zero-order valence-electron chi connectivity index (χ0n) is 11.9. The van der Waals surface area contributed by atoms with Crippen molar-refractivity contribution < 1.29 is 0 Å². The molecule has 0 unspecified atom stereocenters. The van der Waals surface area contributed by atoms with Crippen LogP contribution in [0.1, 0.15) is 38.6 Å². The van der Waals surface area contributed by atoms with Crippen molar-refractivity contribution in [1.29, 1.82) is 0 Å². The van der Waals surface area contributed by atoms with Crippen LogP contribution in [-0.4, -0.2) is 23.4 Å². The van der Waals surface area contributed by atoms with E-state index in [1.54, 1.807) is 0 Å². The number of aryl methyl sites for hydroxylation is 2. The first kappa shape index (κ1) is 15.3. The predicted octanol–water partition coefficient (Wildman–Crippen LogP) is 3.22. The van der Waals surface area contributed by atoms with Crippen LogP contribution in [0, 0.1) is 0 Å². The molecule has 3 nitrogen and oxygen atoms in total. The lowest BCUT2D eigenvalue weighted by molar-refractivity contribution is 0.620. The van der Waals surface area contributed by atoms with Gasteiger partial charge in [-0.1, -0.05) is 30.2 Å². The molecule has 0 amide bonds. The molecule has 18 heavy (non-hydrogen) atoms. The summed E-state index contributed by atoms with van der Waals surface area (Å²) in [5, 5.41) is 8.54. The largest absolute Gasteiger partial charge is 0.319 e. The smallest absolute Gasteiger partial charge is 0.0853 e. The Morgan fingerprint density at radius 1 is 1.44 bits per heavy atom. The van der Waals surface area contributed by atoms with Crippen LogP contribution in [-0.2, 0) is 19.4 Å². The number of hydrogen-bond acceptors (Lipinski definition) is 2. The second kappa shape index (κ2) is 7.59. The van der Waals surface area contributed by atoms with E-state index in [-0.39, 0.29) is 0 Å². The minimum absolute atomic E-state index is 0.848. The van der Waals surface area contributed by atoms with E-state index in [0.717, 1.165) is 48.8 Å². The number of nitrogens with one attached hydrogen (secondary N) is 1. The first-order valence-electron chi connectivity index (χ1n) is 6.68. The van der Waals surface area contributed by atoms with Gasteiger partial charge in [-0.05, 0) is 40.3 Å². The van der Waals surface area contributed by atoms with Crippen LogP contribution in [0.25, 0.3) is 0 Å². The van der Waals surface area contributed by atoms with E-state index in [9.17, 15) is 0 Å². The molecule has 0 bridgehead atoms. The molecule has 0 atom stereocenters. The van der Waals surface area contributed by atoms with Gasteiger partial charge in [-0.25, -0.2) is 0 Å². The summed E-state index contributed by atoms with van der Waals surface area (Å²) in [6.07, 6.45) is 5.11. The quantitative estimate of drug-likeness (QED) is 0.608. The highest BCUT2D eigenvalue weighted by Crippen LogP contribution is 2.24. The van der Waals surface area contributed by atoms with Crippen molar-refractivity contribution in [3.05, 3.63) is 28.1 Å². The van der Waals surface area contributed by atoms with Crippen molar-refractivity contribution in [3.8, 4) is 0 Å². The predicted molar refractivity (Wildman–Crippen MR) is 78.3 cm³/mol.